The standard InChI is InChI=1S/C30H32F4N6O/c1-28(2,31)17-24(27(41)39-29(18-35)14-15-29)38-26(30(32,33)34)22-8-6-20(7-9-22)21-10-12-23(13-11-21)40-16-4-3-5-25(40)37-19-36/h6-13,24,26,38H,3-5,14-17H2,1-2H3,(H,39,41)/t24?,26-/m0/s1. The summed E-state index contributed by atoms with van der Waals surface area (Å²) in [5.74, 6) is -0.123. The zero-order valence-corrected chi connectivity index (χ0v) is 22.9. The van der Waals surface area contributed by atoms with Gasteiger partial charge in [0.25, 0.3) is 0 Å². The van der Waals surface area contributed by atoms with Gasteiger partial charge < -0.3 is 10.2 Å². The number of nitrogens with zero attached hydrogens (tertiary/aromatic N) is 4. The summed E-state index contributed by atoms with van der Waals surface area (Å²) < 4.78 is 57.2. The molecule has 2 aromatic carbocycles. The number of carbonyl (C=O) groups excluding carboxylic acids is 1. The number of hydrogen-bond donors (Lipinski definition) is 2. The summed E-state index contributed by atoms with van der Waals surface area (Å²) in [6.07, 6.45) is 0.0389. The number of carbonyl (C=O) groups is 1. The minimum absolute atomic E-state index is 0.126. The van der Waals surface area contributed by atoms with E-state index < -0.39 is 41.8 Å². The Bertz CT molecular complexity index is 1350. The fourth-order valence-electron chi connectivity index (χ4n) is 4.98. The first-order valence-corrected chi connectivity index (χ1v) is 13.5. The van der Waals surface area contributed by atoms with Gasteiger partial charge in [-0.1, -0.05) is 36.4 Å². The Morgan fingerprint density at radius 2 is 1.63 bits per heavy atom. The van der Waals surface area contributed by atoms with Crippen LogP contribution in [0.15, 0.2) is 53.5 Å². The molecule has 1 aliphatic carbocycles. The quantitative estimate of drug-likeness (QED) is 0.281. The average molecular weight is 569 g/mol. The molecule has 2 fully saturated rings. The topological polar surface area (TPSA) is 104 Å². The second kappa shape index (κ2) is 11.9. The highest BCUT2D eigenvalue weighted by molar-refractivity contribution is 5.99. The normalized spacial score (nSPS) is 19.1. The van der Waals surface area contributed by atoms with Crippen molar-refractivity contribution in [3.05, 3.63) is 54.1 Å². The summed E-state index contributed by atoms with van der Waals surface area (Å²) >= 11 is 0. The monoisotopic (exact) mass is 568 g/mol. The van der Waals surface area contributed by atoms with Crippen LogP contribution >= 0.6 is 0 Å². The Morgan fingerprint density at radius 1 is 1.02 bits per heavy atom. The summed E-state index contributed by atoms with van der Waals surface area (Å²) in [6, 6.07) is 11.5. The van der Waals surface area contributed by atoms with E-state index in [-0.39, 0.29) is 5.56 Å². The van der Waals surface area contributed by atoms with E-state index in [1.807, 2.05) is 41.4 Å². The first kappa shape index (κ1) is 30.0. The van der Waals surface area contributed by atoms with Crippen LogP contribution in [0.4, 0.5) is 23.2 Å². The van der Waals surface area contributed by atoms with Gasteiger partial charge in [0.2, 0.25) is 12.1 Å². The number of alkyl halides is 4. The Hall–Kier alpha value is -3.96. The molecule has 0 bridgehead atoms. The lowest BCUT2D eigenvalue weighted by atomic mass is 9.96. The lowest BCUT2D eigenvalue weighted by Gasteiger charge is -2.30. The molecule has 2 aromatic rings. The third-order valence-electron chi connectivity index (χ3n) is 7.31. The predicted molar refractivity (Wildman–Crippen MR) is 147 cm³/mol. The molecule has 2 aliphatic rings. The minimum atomic E-state index is -4.77. The maximum absolute atomic E-state index is 14.5. The van der Waals surface area contributed by atoms with E-state index >= 15 is 0 Å². The molecule has 4 rings (SSSR count). The molecule has 0 aromatic heterocycles. The van der Waals surface area contributed by atoms with Crippen molar-refractivity contribution in [2.45, 2.75) is 81.8 Å². The molecule has 1 amide bonds. The summed E-state index contributed by atoms with van der Waals surface area (Å²) in [5, 5.41) is 23.1. The molecule has 1 unspecified atom stereocenters. The van der Waals surface area contributed by atoms with Crippen LogP contribution in [0.2, 0.25) is 0 Å². The van der Waals surface area contributed by atoms with Gasteiger partial charge in [-0.2, -0.15) is 28.7 Å². The van der Waals surface area contributed by atoms with Crippen molar-refractivity contribution in [3.8, 4) is 23.4 Å². The molecule has 0 spiro atoms. The molecule has 2 atom stereocenters. The summed E-state index contributed by atoms with van der Waals surface area (Å²) in [7, 11) is 0. The first-order valence-electron chi connectivity index (χ1n) is 13.5. The number of piperidine rings is 1. The van der Waals surface area contributed by atoms with Crippen LogP contribution in [0.5, 0.6) is 0 Å². The van der Waals surface area contributed by atoms with Crippen LogP contribution in [-0.4, -0.2) is 41.7 Å². The van der Waals surface area contributed by atoms with Gasteiger partial charge in [0.1, 0.15) is 23.1 Å². The SMILES string of the molecule is CC(C)(F)CC(N[C@@H](c1ccc(-c2ccc(N3CCCCC3=NC#N)cc2)cc1)C(F)(F)F)C(=O)NC1(C#N)CC1. The number of nitrogens with one attached hydrogen (secondary N) is 2. The lowest BCUT2D eigenvalue weighted by molar-refractivity contribution is -0.161. The van der Waals surface area contributed by atoms with Gasteiger partial charge in [0.15, 0.2) is 0 Å². The number of benzene rings is 2. The largest absolute Gasteiger partial charge is 0.407 e. The zero-order valence-electron chi connectivity index (χ0n) is 22.9. The highest BCUT2D eigenvalue weighted by Crippen LogP contribution is 2.37. The van der Waals surface area contributed by atoms with Gasteiger partial charge in [0, 0.05) is 25.1 Å². The third kappa shape index (κ3) is 7.62. The van der Waals surface area contributed by atoms with Gasteiger partial charge in [-0.15, -0.1) is 0 Å². The van der Waals surface area contributed by atoms with E-state index in [4.69, 9.17) is 5.26 Å². The zero-order chi connectivity index (χ0) is 29.8. The van der Waals surface area contributed by atoms with Crippen LogP contribution in [-0.2, 0) is 4.79 Å². The molecule has 41 heavy (non-hydrogen) atoms. The Labute approximate surface area is 236 Å². The number of nitriles is 2. The molecule has 1 aliphatic heterocycles. The van der Waals surface area contributed by atoms with E-state index in [2.05, 4.69) is 15.6 Å². The van der Waals surface area contributed by atoms with E-state index in [1.54, 1.807) is 12.1 Å². The molecule has 216 valence electrons. The Kier molecular flexibility index (Phi) is 8.69. The minimum Gasteiger partial charge on any atom is -0.336 e. The van der Waals surface area contributed by atoms with Gasteiger partial charge in [-0.3, -0.25) is 10.1 Å². The van der Waals surface area contributed by atoms with Crippen molar-refractivity contribution < 1.29 is 22.4 Å². The van der Waals surface area contributed by atoms with Gasteiger partial charge in [-0.25, -0.2) is 4.39 Å². The molecular formula is C30H32F4N6O. The summed E-state index contributed by atoms with van der Waals surface area (Å²) in [6.45, 7) is 3.13. The molecular weight excluding hydrogens is 536 g/mol. The number of anilines is 1. The summed E-state index contributed by atoms with van der Waals surface area (Å²) in [4.78, 5) is 18.8. The van der Waals surface area contributed by atoms with Gasteiger partial charge in [-0.05, 0) is 68.4 Å². The second-order valence-electron chi connectivity index (χ2n) is 11.2. The Morgan fingerprint density at radius 3 is 2.15 bits per heavy atom. The third-order valence-corrected chi connectivity index (χ3v) is 7.31. The first-order chi connectivity index (χ1) is 19.3. The molecule has 7 nitrogen and oxygen atoms in total. The highest BCUT2D eigenvalue weighted by atomic mass is 19.4. The van der Waals surface area contributed by atoms with E-state index in [0.717, 1.165) is 37.1 Å². The van der Waals surface area contributed by atoms with Gasteiger partial charge in [0.05, 0.1) is 12.1 Å². The fourth-order valence-corrected chi connectivity index (χ4v) is 4.98. The molecule has 1 saturated carbocycles. The van der Waals surface area contributed by atoms with E-state index in [1.165, 1.54) is 26.0 Å². The number of rotatable bonds is 9. The smallest absolute Gasteiger partial charge is 0.336 e. The molecule has 1 saturated heterocycles. The Balaban J connectivity index is 1.54. The van der Waals surface area contributed by atoms with Crippen molar-refractivity contribution in [2.24, 2.45) is 4.99 Å². The van der Waals surface area contributed by atoms with E-state index in [0.29, 0.717) is 24.2 Å². The molecule has 11 heteroatoms. The van der Waals surface area contributed by atoms with Crippen LogP contribution in [0, 0.1) is 22.8 Å². The van der Waals surface area contributed by atoms with Crippen LogP contribution < -0.4 is 15.5 Å². The van der Waals surface area contributed by atoms with Crippen molar-refractivity contribution >= 4 is 17.4 Å². The lowest BCUT2D eigenvalue weighted by Crippen LogP contribution is -2.53. The maximum Gasteiger partial charge on any atom is 0.407 e. The van der Waals surface area contributed by atoms with Crippen LogP contribution in [0.3, 0.4) is 0 Å². The molecule has 2 N–H and O–H groups in total. The van der Waals surface area contributed by atoms with Gasteiger partial charge >= 0.3 is 6.18 Å². The molecule has 1 heterocycles. The summed E-state index contributed by atoms with van der Waals surface area (Å²) in [5.41, 5.74) is -0.797. The number of halogens is 4. The maximum atomic E-state index is 14.5. The van der Waals surface area contributed by atoms with Crippen LogP contribution in [0.1, 0.15) is 64.0 Å². The number of hydrogen-bond acceptors (Lipinski definition) is 5. The van der Waals surface area contributed by atoms with Crippen molar-refractivity contribution in [1.29, 1.82) is 10.5 Å². The van der Waals surface area contributed by atoms with E-state index in [9.17, 15) is 27.6 Å². The average Bonchev–Trinajstić information content (AvgIpc) is 3.70. The molecule has 0 radical (unpaired) electrons. The number of amides is 1. The predicted octanol–water partition coefficient (Wildman–Crippen LogP) is 6.10. The number of aliphatic imine (C=N–C) groups is 1. The van der Waals surface area contributed by atoms with Crippen LogP contribution in [0.25, 0.3) is 11.1 Å². The number of amidine groups is 1. The highest BCUT2D eigenvalue weighted by Gasteiger charge is 2.48. The van der Waals surface area contributed by atoms with Crippen molar-refractivity contribution in [2.75, 3.05) is 11.4 Å². The second-order valence-corrected chi connectivity index (χ2v) is 11.2. The van der Waals surface area contributed by atoms with Crippen molar-refractivity contribution in [3.63, 3.8) is 0 Å². The van der Waals surface area contributed by atoms with Crippen molar-refractivity contribution in [1.82, 2.24) is 10.6 Å². The fraction of sp³-hybridized carbons (Fsp3) is 0.467.